The Morgan fingerprint density at radius 2 is 1.82 bits per heavy atom. The van der Waals surface area contributed by atoms with E-state index in [0.717, 1.165) is 11.4 Å². The van der Waals surface area contributed by atoms with Crippen molar-refractivity contribution in [2.75, 3.05) is 12.4 Å². The zero-order valence-electron chi connectivity index (χ0n) is 12.3. The molecular weight excluding hydrogens is 309 g/mol. The monoisotopic (exact) mass is 321 g/mol. The van der Waals surface area contributed by atoms with Crippen LogP contribution >= 0.6 is 0 Å². The minimum atomic E-state index is -1.36. The summed E-state index contributed by atoms with van der Waals surface area (Å²) < 4.78 is 10.4. The van der Waals surface area contributed by atoms with Gasteiger partial charge in [0.05, 0.1) is 12.8 Å². The Morgan fingerprint density at radius 1 is 1.14 bits per heavy atom. The van der Waals surface area contributed by atoms with Gasteiger partial charge in [0.2, 0.25) is 0 Å². The third kappa shape index (κ3) is 3.36. The van der Waals surface area contributed by atoms with Crippen LogP contribution in [0.15, 0.2) is 52.9 Å². The molecular formula is C16H12KNO4. The molecule has 2 aromatic carbocycles. The van der Waals surface area contributed by atoms with Crippen LogP contribution in [0.25, 0.3) is 11.0 Å². The van der Waals surface area contributed by atoms with Crippen LogP contribution in [0.5, 0.6) is 5.75 Å². The van der Waals surface area contributed by atoms with Crippen LogP contribution in [0, 0.1) is 0 Å². The Bertz CT molecular complexity index is 796. The summed E-state index contributed by atoms with van der Waals surface area (Å²) in [6.07, 6.45) is 0. The summed E-state index contributed by atoms with van der Waals surface area (Å²) in [5, 5.41) is 15.0. The quantitative estimate of drug-likeness (QED) is 0.659. The van der Waals surface area contributed by atoms with Gasteiger partial charge in [0.15, 0.2) is 5.76 Å². The fraction of sp³-hybridized carbons (Fsp3) is 0.0625. The van der Waals surface area contributed by atoms with Gasteiger partial charge in [-0.2, -0.15) is 0 Å². The number of benzene rings is 2. The molecule has 6 heteroatoms. The Labute approximate surface area is 169 Å². The van der Waals surface area contributed by atoms with Gasteiger partial charge in [-0.15, -0.1) is 0 Å². The molecule has 1 N–H and O–H groups in total. The number of furan rings is 1. The fourth-order valence-corrected chi connectivity index (χ4v) is 2.13. The van der Waals surface area contributed by atoms with E-state index < -0.39 is 5.97 Å². The first-order chi connectivity index (χ1) is 10.2. The molecule has 0 bridgehead atoms. The number of carbonyl (C=O) groups excluding carboxylic acids is 1. The predicted octanol–water partition coefficient (Wildman–Crippen LogP) is -0.448. The van der Waals surface area contributed by atoms with Crippen molar-refractivity contribution in [3.05, 3.63) is 54.3 Å². The molecule has 106 valence electrons. The number of ether oxygens (including phenoxy) is 1. The number of methoxy groups -OCH3 is 1. The molecule has 0 aliphatic carbocycles. The zero-order valence-corrected chi connectivity index (χ0v) is 15.4. The van der Waals surface area contributed by atoms with Crippen LogP contribution in [-0.2, 0) is 0 Å². The molecule has 3 aromatic rings. The second kappa shape index (κ2) is 7.30. The van der Waals surface area contributed by atoms with E-state index in [1.165, 1.54) is 0 Å². The Hall–Kier alpha value is -1.31. The third-order valence-corrected chi connectivity index (χ3v) is 3.14. The van der Waals surface area contributed by atoms with Crippen LogP contribution in [0.3, 0.4) is 0 Å². The summed E-state index contributed by atoms with van der Waals surface area (Å²) in [6, 6.07) is 14.2. The largest absolute Gasteiger partial charge is 1.00 e. The van der Waals surface area contributed by atoms with Gasteiger partial charge in [-0.25, -0.2) is 0 Å². The molecule has 0 aliphatic rings. The number of nitrogens with one attached hydrogen (secondary N) is 1. The number of carboxylic acids is 1. The van der Waals surface area contributed by atoms with Gasteiger partial charge in [-0.05, 0) is 36.4 Å². The molecule has 0 aliphatic heterocycles. The number of rotatable bonds is 4. The molecule has 0 saturated carbocycles. The number of anilines is 2. The second-order valence-corrected chi connectivity index (χ2v) is 4.44. The van der Waals surface area contributed by atoms with Gasteiger partial charge in [0, 0.05) is 11.1 Å². The van der Waals surface area contributed by atoms with Crippen molar-refractivity contribution in [2.24, 2.45) is 0 Å². The first-order valence-corrected chi connectivity index (χ1v) is 6.33. The number of carbonyl (C=O) groups is 1. The van der Waals surface area contributed by atoms with Crippen molar-refractivity contribution in [3.8, 4) is 5.75 Å². The third-order valence-electron chi connectivity index (χ3n) is 3.14. The maximum atomic E-state index is 11.2. The predicted molar refractivity (Wildman–Crippen MR) is 76.8 cm³/mol. The molecule has 22 heavy (non-hydrogen) atoms. The molecule has 0 unspecified atom stereocenters. The second-order valence-electron chi connectivity index (χ2n) is 4.44. The van der Waals surface area contributed by atoms with Gasteiger partial charge in [0.1, 0.15) is 17.3 Å². The molecule has 0 amide bonds. The van der Waals surface area contributed by atoms with E-state index in [-0.39, 0.29) is 57.1 Å². The maximum absolute atomic E-state index is 11.2. The van der Waals surface area contributed by atoms with Crippen LogP contribution < -0.4 is 66.5 Å². The minimum Gasteiger partial charge on any atom is -0.541 e. The number of hydrogen-bond acceptors (Lipinski definition) is 5. The summed E-state index contributed by atoms with van der Waals surface area (Å²) in [7, 11) is 1.58. The molecule has 0 spiro atoms. The smallest absolute Gasteiger partial charge is 0.541 e. The molecule has 0 atom stereocenters. The van der Waals surface area contributed by atoms with Crippen molar-refractivity contribution in [2.45, 2.75) is 0 Å². The van der Waals surface area contributed by atoms with E-state index >= 15 is 0 Å². The van der Waals surface area contributed by atoms with E-state index in [2.05, 4.69) is 5.32 Å². The van der Waals surface area contributed by atoms with Gasteiger partial charge in [-0.1, -0.05) is 12.1 Å². The maximum Gasteiger partial charge on any atom is 1.00 e. The van der Waals surface area contributed by atoms with Crippen molar-refractivity contribution in [3.63, 3.8) is 0 Å². The summed E-state index contributed by atoms with van der Waals surface area (Å²) in [4.78, 5) is 11.2. The van der Waals surface area contributed by atoms with Gasteiger partial charge < -0.3 is 24.4 Å². The molecule has 5 nitrogen and oxygen atoms in total. The van der Waals surface area contributed by atoms with E-state index in [1.807, 2.05) is 6.07 Å². The topological polar surface area (TPSA) is 74.5 Å². The molecule has 0 saturated heterocycles. The zero-order chi connectivity index (χ0) is 14.8. The minimum absolute atomic E-state index is 0. The van der Waals surface area contributed by atoms with Crippen LogP contribution in [-0.4, -0.2) is 13.1 Å². The molecule has 1 heterocycles. The number of fused-ring (bicyclic) bond motifs is 1. The molecule has 0 radical (unpaired) electrons. The Balaban J connectivity index is 0.00000176. The first kappa shape index (κ1) is 17.0. The Kier molecular flexibility index (Phi) is 5.66. The average molecular weight is 321 g/mol. The van der Waals surface area contributed by atoms with Crippen LogP contribution in [0.4, 0.5) is 11.4 Å². The SMILES string of the molecule is COc1ccc(Nc2c(C(=O)[O-])oc3ccccc23)cc1.[K+]. The van der Waals surface area contributed by atoms with E-state index in [4.69, 9.17) is 9.15 Å². The Morgan fingerprint density at radius 3 is 2.45 bits per heavy atom. The van der Waals surface area contributed by atoms with Crippen LogP contribution in [0.1, 0.15) is 10.6 Å². The molecule has 0 fully saturated rings. The van der Waals surface area contributed by atoms with Gasteiger partial charge >= 0.3 is 51.4 Å². The molecule has 1 aromatic heterocycles. The number of hydrogen-bond donors (Lipinski definition) is 1. The number of para-hydroxylation sites is 1. The fourth-order valence-electron chi connectivity index (χ4n) is 2.13. The van der Waals surface area contributed by atoms with Crippen molar-refractivity contribution in [1.82, 2.24) is 0 Å². The summed E-state index contributed by atoms with van der Waals surface area (Å²) in [6.45, 7) is 0. The van der Waals surface area contributed by atoms with E-state index in [1.54, 1.807) is 49.6 Å². The van der Waals surface area contributed by atoms with E-state index in [0.29, 0.717) is 16.7 Å². The van der Waals surface area contributed by atoms with Crippen molar-refractivity contribution < 1.29 is 70.4 Å². The summed E-state index contributed by atoms with van der Waals surface area (Å²) >= 11 is 0. The van der Waals surface area contributed by atoms with Crippen molar-refractivity contribution in [1.29, 1.82) is 0 Å². The van der Waals surface area contributed by atoms with E-state index in [9.17, 15) is 9.90 Å². The first-order valence-electron chi connectivity index (χ1n) is 6.33. The van der Waals surface area contributed by atoms with Gasteiger partial charge in [0.25, 0.3) is 0 Å². The normalized spacial score (nSPS) is 10.0. The number of aromatic carboxylic acids is 1. The molecule has 3 rings (SSSR count). The number of carboxylic acid groups (broad SMARTS) is 1. The summed E-state index contributed by atoms with van der Waals surface area (Å²) in [5.41, 5.74) is 1.60. The standard InChI is InChI=1S/C16H13NO4.K/c1-20-11-8-6-10(7-9-11)17-14-12-4-2-3-5-13(12)21-15(14)16(18)19;/h2-9,17H,1H3,(H,18,19);/q;+1/p-1. The summed E-state index contributed by atoms with van der Waals surface area (Å²) in [5.74, 6) is -0.855. The average Bonchev–Trinajstić information content (AvgIpc) is 2.87. The van der Waals surface area contributed by atoms with Crippen LogP contribution in [0.2, 0.25) is 0 Å². The van der Waals surface area contributed by atoms with Crippen molar-refractivity contribution >= 4 is 28.3 Å². The van der Waals surface area contributed by atoms with Gasteiger partial charge in [-0.3, -0.25) is 0 Å².